The van der Waals surface area contributed by atoms with Crippen LogP contribution in [0.1, 0.15) is 25.2 Å². The summed E-state index contributed by atoms with van der Waals surface area (Å²) in [6.07, 6.45) is 4.45. The minimum atomic E-state index is 0.0769. The number of rotatable bonds is 4. The minimum absolute atomic E-state index is 0.0769. The van der Waals surface area contributed by atoms with E-state index in [0.717, 1.165) is 23.3 Å². The molecule has 1 unspecified atom stereocenters. The lowest BCUT2D eigenvalue weighted by atomic mass is 10.2. The Bertz CT molecular complexity index is 596. The predicted molar refractivity (Wildman–Crippen MR) is 69.3 cm³/mol. The van der Waals surface area contributed by atoms with Crippen molar-refractivity contribution in [3.05, 3.63) is 42.5 Å². The van der Waals surface area contributed by atoms with E-state index >= 15 is 0 Å². The molecule has 0 fully saturated rings. The smallest absolute Gasteiger partial charge is 0.296 e. The number of hydrogen-bond donors (Lipinski definition) is 2. The molecule has 0 radical (unpaired) electrons. The van der Waals surface area contributed by atoms with Gasteiger partial charge in [0.2, 0.25) is 0 Å². The Morgan fingerprint density at radius 2 is 2.28 bits per heavy atom. The third-order valence-corrected chi connectivity index (χ3v) is 2.85. The molecule has 2 heterocycles. The molecule has 0 aliphatic carbocycles. The third-order valence-electron chi connectivity index (χ3n) is 2.85. The summed E-state index contributed by atoms with van der Waals surface area (Å²) in [7, 11) is 0. The highest BCUT2D eigenvalue weighted by Gasteiger charge is 2.14. The molecule has 0 saturated carbocycles. The molecule has 2 N–H and O–H groups in total. The summed E-state index contributed by atoms with van der Waals surface area (Å²) < 4.78 is 5.63. The molecule has 0 aliphatic rings. The minimum Gasteiger partial charge on any atom is -0.424 e. The zero-order chi connectivity index (χ0) is 12.4. The van der Waals surface area contributed by atoms with E-state index in [1.165, 1.54) is 0 Å². The molecule has 0 spiro atoms. The number of nitrogens with one attached hydrogen (secondary N) is 2. The standard InChI is InChI=1S/C13H14N4O/c1-2-9(12-14-7-8-15-12)16-13-17-10-5-3-4-6-11(10)18-13/h3-9H,2H2,1H3,(H,14,15)(H,16,17). The van der Waals surface area contributed by atoms with Crippen LogP contribution in [0, 0.1) is 0 Å². The lowest BCUT2D eigenvalue weighted by Gasteiger charge is -2.12. The first-order valence-corrected chi connectivity index (χ1v) is 5.98. The fraction of sp³-hybridized carbons (Fsp3) is 0.231. The third kappa shape index (κ3) is 1.95. The van der Waals surface area contributed by atoms with Gasteiger partial charge in [0.05, 0.1) is 6.04 Å². The van der Waals surface area contributed by atoms with Gasteiger partial charge < -0.3 is 14.7 Å². The molecular formula is C13H14N4O. The zero-order valence-corrected chi connectivity index (χ0v) is 10.1. The van der Waals surface area contributed by atoms with E-state index in [2.05, 4.69) is 27.2 Å². The Balaban J connectivity index is 1.86. The molecule has 5 heteroatoms. The maximum atomic E-state index is 5.63. The Morgan fingerprint density at radius 3 is 3.00 bits per heavy atom. The van der Waals surface area contributed by atoms with E-state index < -0.39 is 0 Å². The number of H-pyrrole nitrogens is 1. The number of anilines is 1. The first kappa shape index (κ1) is 10.8. The Kier molecular flexibility index (Phi) is 2.72. The van der Waals surface area contributed by atoms with Gasteiger partial charge in [0.1, 0.15) is 11.3 Å². The maximum absolute atomic E-state index is 5.63. The molecular weight excluding hydrogens is 228 g/mol. The first-order valence-electron chi connectivity index (χ1n) is 5.98. The van der Waals surface area contributed by atoms with Crippen molar-refractivity contribution in [2.24, 2.45) is 0 Å². The van der Waals surface area contributed by atoms with Crippen LogP contribution in [0.2, 0.25) is 0 Å². The van der Waals surface area contributed by atoms with Crippen LogP contribution in [0.3, 0.4) is 0 Å². The molecule has 5 nitrogen and oxygen atoms in total. The van der Waals surface area contributed by atoms with Crippen LogP contribution >= 0.6 is 0 Å². The summed E-state index contributed by atoms with van der Waals surface area (Å²) in [6, 6.07) is 8.31. The van der Waals surface area contributed by atoms with Gasteiger partial charge in [0.25, 0.3) is 6.01 Å². The van der Waals surface area contributed by atoms with Gasteiger partial charge in [-0.05, 0) is 18.6 Å². The second-order valence-electron chi connectivity index (χ2n) is 4.07. The zero-order valence-electron chi connectivity index (χ0n) is 10.1. The van der Waals surface area contributed by atoms with Crippen LogP contribution in [0.15, 0.2) is 41.1 Å². The van der Waals surface area contributed by atoms with Gasteiger partial charge >= 0.3 is 0 Å². The van der Waals surface area contributed by atoms with Crippen molar-refractivity contribution in [3.63, 3.8) is 0 Å². The van der Waals surface area contributed by atoms with Crippen LogP contribution in [0.25, 0.3) is 11.1 Å². The Morgan fingerprint density at radius 1 is 1.39 bits per heavy atom. The van der Waals surface area contributed by atoms with E-state index in [9.17, 15) is 0 Å². The maximum Gasteiger partial charge on any atom is 0.296 e. The highest BCUT2D eigenvalue weighted by molar-refractivity contribution is 5.74. The fourth-order valence-corrected chi connectivity index (χ4v) is 1.91. The van der Waals surface area contributed by atoms with Crippen molar-refractivity contribution in [1.82, 2.24) is 15.0 Å². The molecule has 0 amide bonds. The molecule has 3 aromatic rings. The van der Waals surface area contributed by atoms with Crippen LogP contribution in [-0.4, -0.2) is 15.0 Å². The topological polar surface area (TPSA) is 66.7 Å². The molecule has 3 rings (SSSR count). The van der Waals surface area contributed by atoms with E-state index in [4.69, 9.17) is 4.42 Å². The van der Waals surface area contributed by atoms with E-state index in [0.29, 0.717) is 6.01 Å². The number of oxazole rings is 1. The van der Waals surface area contributed by atoms with Gasteiger partial charge in [0.15, 0.2) is 5.58 Å². The van der Waals surface area contributed by atoms with Crippen LogP contribution in [0.5, 0.6) is 0 Å². The second kappa shape index (κ2) is 4.52. The summed E-state index contributed by atoms with van der Waals surface area (Å²) in [5.41, 5.74) is 1.64. The van der Waals surface area contributed by atoms with Gasteiger partial charge in [-0.2, -0.15) is 4.98 Å². The largest absolute Gasteiger partial charge is 0.424 e. The molecule has 0 aliphatic heterocycles. The number of nitrogens with zero attached hydrogens (tertiary/aromatic N) is 2. The molecule has 1 aromatic carbocycles. The van der Waals surface area contributed by atoms with Crippen molar-refractivity contribution in [1.29, 1.82) is 0 Å². The first-order chi connectivity index (χ1) is 8.86. The summed E-state index contributed by atoms with van der Waals surface area (Å²) in [6.45, 7) is 2.09. The number of imidazole rings is 1. The van der Waals surface area contributed by atoms with Crippen molar-refractivity contribution in [2.75, 3.05) is 5.32 Å². The normalized spacial score (nSPS) is 12.7. The summed E-state index contributed by atoms with van der Waals surface area (Å²) in [4.78, 5) is 11.7. The number of fused-ring (bicyclic) bond motifs is 1. The summed E-state index contributed by atoms with van der Waals surface area (Å²) >= 11 is 0. The van der Waals surface area contributed by atoms with Gasteiger partial charge in [-0.25, -0.2) is 4.98 Å². The van der Waals surface area contributed by atoms with E-state index in [1.54, 1.807) is 6.20 Å². The van der Waals surface area contributed by atoms with Gasteiger partial charge in [-0.3, -0.25) is 0 Å². The Hall–Kier alpha value is -2.30. The van der Waals surface area contributed by atoms with Gasteiger partial charge in [0, 0.05) is 12.4 Å². The Labute approximate surface area is 104 Å². The fourth-order valence-electron chi connectivity index (χ4n) is 1.91. The number of para-hydroxylation sites is 2. The highest BCUT2D eigenvalue weighted by atomic mass is 16.4. The predicted octanol–water partition coefficient (Wildman–Crippen LogP) is 3.11. The molecule has 0 saturated heterocycles. The number of aromatic amines is 1. The van der Waals surface area contributed by atoms with Crippen molar-refractivity contribution in [2.45, 2.75) is 19.4 Å². The van der Waals surface area contributed by atoms with Crippen LogP contribution < -0.4 is 5.32 Å². The lowest BCUT2D eigenvalue weighted by Crippen LogP contribution is -2.11. The van der Waals surface area contributed by atoms with Crippen LogP contribution in [0.4, 0.5) is 6.01 Å². The highest BCUT2D eigenvalue weighted by Crippen LogP contribution is 2.23. The van der Waals surface area contributed by atoms with Crippen LogP contribution in [-0.2, 0) is 0 Å². The second-order valence-corrected chi connectivity index (χ2v) is 4.07. The average molecular weight is 242 g/mol. The molecule has 18 heavy (non-hydrogen) atoms. The average Bonchev–Trinajstić information content (AvgIpc) is 3.04. The summed E-state index contributed by atoms with van der Waals surface area (Å²) in [5.74, 6) is 0.889. The molecule has 0 bridgehead atoms. The quantitative estimate of drug-likeness (QED) is 0.737. The monoisotopic (exact) mass is 242 g/mol. The molecule has 1 atom stereocenters. The van der Waals surface area contributed by atoms with Gasteiger partial charge in [-0.1, -0.05) is 19.1 Å². The summed E-state index contributed by atoms with van der Waals surface area (Å²) in [5, 5.41) is 3.25. The number of hydrogen-bond acceptors (Lipinski definition) is 4. The van der Waals surface area contributed by atoms with E-state index in [-0.39, 0.29) is 6.04 Å². The lowest BCUT2D eigenvalue weighted by molar-refractivity contribution is 0.585. The van der Waals surface area contributed by atoms with E-state index in [1.807, 2.05) is 30.5 Å². The number of benzene rings is 1. The molecule has 2 aromatic heterocycles. The van der Waals surface area contributed by atoms with Crippen molar-refractivity contribution >= 4 is 17.1 Å². The van der Waals surface area contributed by atoms with Crippen molar-refractivity contribution < 1.29 is 4.42 Å². The molecule has 92 valence electrons. The number of aromatic nitrogens is 3. The van der Waals surface area contributed by atoms with Crippen molar-refractivity contribution in [3.8, 4) is 0 Å². The SMILES string of the molecule is CCC(Nc1nc2ccccc2o1)c1ncc[nH]1. The van der Waals surface area contributed by atoms with Gasteiger partial charge in [-0.15, -0.1) is 0 Å².